The molecule has 0 fully saturated rings. The van der Waals surface area contributed by atoms with Gasteiger partial charge < -0.3 is 15.2 Å². The van der Waals surface area contributed by atoms with Crippen LogP contribution in [0.4, 0.5) is 0 Å². The van der Waals surface area contributed by atoms with E-state index in [1.54, 1.807) is 0 Å². The summed E-state index contributed by atoms with van der Waals surface area (Å²) in [6, 6.07) is 15.8. The van der Waals surface area contributed by atoms with Crippen molar-refractivity contribution in [3.8, 4) is 0 Å². The number of rotatable bonds is 8. The molecule has 0 saturated heterocycles. The van der Waals surface area contributed by atoms with Gasteiger partial charge in [-0.25, -0.2) is 4.79 Å². The molecule has 0 heterocycles. The number of hydrogen-bond acceptors (Lipinski definition) is 3. The molecule has 0 aliphatic rings. The topological polar surface area (TPSA) is 75.6 Å². The summed E-state index contributed by atoms with van der Waals surface area (Å²) in [7, 11) is 0. The van der Waals surface area contributed by atoms with Crippen molar-refractivity contribution < 1.29 is 19.4 Å². The van der Waals surface area contributed by atoms with Crippen molar-refractivity contribution in [3.05, 3.63) is 71.3 Å². The first-order valence-corrected chi connectivity index (χ1v) is 7.79. The zero-order valence-corrected chi connectivity index (χ0v) is 13.6. The van der Waals surface area contributed by atoms with Crippen molar-refractivity contribution in [2.45, 2.75) is 13.5 Å². The summed E-state index contributed by atoms with van der Waals surface area (Å²) < 4.78 is 5.65. The fourth-order valence-corrected chi connectivity index (χ4v) is 2.14. The summed E-state index contributed by atoms with van der Waals surface area (Å²) in [6.07, 6.45) is 0. The summed E-state index contributed by atoms with van der Waals surface area (Å²) in [4.78, 5) is 22.8. The quantitative estimate of drug-likeness (QED) is 0.781. The molecule has 2 N–H and O–H groups in total. The molecule has 2 rings (SSSR count). The Morgan fingerprint density at radius 3 is 2.29 bits per heavy atom. The first-order valence-electron chi connectivity index (χ1n) is 7.79. The molecule has 1 unspecified atom stereocenters. The van der Waals surface area contributed by atoms with Crippen molar-refractivity contribution in [1.29, 1.82) is 0 Å². The molecule has 0 aliphatic heterocycles. The third kappa shape index (κ3) is 5.52. The highest BCUT2D eigenvalue weighted by molar-refractivity contribution is 5.95. The van der Waals surface area contributed by atoms with Crippen LogP contribution in [0.5, 0.6) is 0 Å². The van der Waals surface area contributed by atoms with Gasteiger partial charge in [-0.15, -0.1) is 0 Å². The number of carbonyl (C=O) groups is 2. The summed E-state index contributed by atoms with van der Waals surface area (Å²) in [6.45, 7) is 3.59. The number of carbonyl (C=O) groups excluding carboxylic acids is 1. The summed E-state index contributed by atoms with van der Waals surface area (Å²) in [5.41, 5.74) is 1.72. The Morgan fingerprint density at radius 1 is 1.04 bits per heavy atom. The van der Waals surface area contributed by atoms with Crippen LogP contribution in [0.1, 0.15) is 33.2 Å². The van der Waals surface area contributed by atoms with Gasteiger partial charge in [0.15, 0.2) is 0 Å². The fraction of sp³-hybridized carbons (Fsp3) is 0.263. The van der Waals surface area contributed by atoms with Crippen molar-refractivity contribution in [2.24, 2.45) is 5.92 Å². The molecule has 0 bridgehead atoms. The SMILES string of the molecule is CC(CNC(=O)c1ccc(C(=O)O)cc1)COCc1ccccc1. The highest BCUT2D eigenvalue weighted by Gasteiger charge is 2.09. The van der Waals surface area contributed by atoms with Crippen LogP contribution >= 0.6 is 0 Å². The van der Waals surface area contributed by atoms with E-state index < -0.39 is 5.97 Å². The average Bonchev–Trinajstić information content (AvgIpc) is 2.60. The van der Waals surface area contributed by atoms with E-state index in [9.17, 15) is 9.59 Å². The number of aromatic carboxylic acids is 1. The van der Waals surface area contributed by atoms with Crippen LogP contribution in [0.15, 0.2) is 54.6 Å². The fourth-order valence-electron chi connectivity index (χ4n) is 2.14. The Labute approximate surface area is 141 Å². The van der Waals surface area contributed by atoms with Crippen LogP contribution in [0, 0.1) is 5.92 Å². The highest BCUT2D eigenvalue weighted by atomic mass is 16.5. The molecule has 126 valence electrons. The second kappa shape index (κ2) is 8.84. The Kier molecular flexibility index (Phi) is 6.51. The lowest BCUT2D eigenvalue weighted by molar-refractivity contribution is 0.0696. The lowest BCUT2D eigenvalue weighted by Gasteiger charge is -2.13. The third-order valence-corrected chi connectivity index (χ3v) is 3.52. The number of nitrogens with one attached hydrogen (secondary N) is 1. The number of amides is 1. The van der Waals surface area contributed by atoms with Crippen molar-refractivity contribution >= 4 is 11.9 Å². The van der Waals surface area contributed by atoms with Gasteiger partial charge in [-0.2, -0.15) is 0 Å². The molecule has 2 aromatic rings. The van der Waals surface area contributed by atoms with Gasteiger partial charge in [0.2, 0.25) is 0 Å². The summed E-state index contributed by atoms with van der Waals surface area (Å²) >= 11 is 0. The first-order chi connectivity index (χ1) is 11.6. The van der Waals surface area contributed by atoms with Crippen LogP contribution in [-0.4, -0.2) is 30.1 Å². The molecular formula is C19H21NO4. The van der Waals surface area contributed by atoms with Crippen LogP contribution < -0.4 is 5.32 Å². The Hall–Kier alpha value is -2.66. The van der Waals surface area contributed by atoms with E-state index in [2.05, 4.69) is 5.32 Å². The average molecular weight is 327 g/mol. The minimum atomic E-state index is -1.01. The van der Waals surface area contributed by atoms with E-state index in [1.165, 1.54) is 24.3 Å². The minimum absolute atomic E-state index is 0.161. The minimum Gasteiger partial charge on any atom is -0.478 e. The second-order valence-electron chi connectivity index (χ2n) is 5.70. The number of benzene rings is 2. The molecule has 1 amide bonds. The molecule has 24 heavy (non-hydrogen) atoms. The highest BCUT2D eigenvalue weighted by Crippen LogP contribution is 2.06. The second-order valence-corrected chi connectivity index (χ2v) is 5.70. The van der Waals surface area contributed by atoms with Crippen molar-refractivity contribution in [1.82, 2.24) is 5.32 Å². The van der Waals surface area contributed by atoms with E-state index >= 15 is 0 Å². The van der Waals surface area contributed by atoms with E-state index in [0.29, 0.717) is 25.3 Å². The van der Waals surface area contributed by atoms with E-state index in [0.717, 1.165) is 5.56 Å². The largest absolute Gasteiger partial charge is 0.478 e. The van der Waals surface area contributed by atoms with E-state index in [4.69, 9.17) is 9.84 Å². The van der Waals surface area contributed by atoms with Gasteiger partial charge in [0, 0.05) is 12.1 Å². The van der Waals surface area contributed by atoms with Crippen LogP contribution in [0.3, 0.4) is 0 Å². The zero-order valence-electron chi connectivity index (χ0n) is 13.6. The molecule has 0 spiro atoms. The van der Waals surface area contributed by atoms with E-state index in [1.807, 2.05) is 37.3 Å². The molecule has 0 saturated carbocycles. The molecule has 0 aliphatic carbocycles. The predicted octanol–water partition coefficient (Wildman–Crippen LogP) is 2.97. The number of carboxylic acids is 1. The van der Waals surface area contributed by atoms with Crippen LogP contribution in [0.2, 0.25) is 0 Å². The molecule has 2 aromatic carbocycles. The summed E-state index contributed by atoms with van der Waals surface area (Å²) in [5.74, 6) is -1.05. The molecule has 5 nitrogen and oxygen atoms in total. The van der Waals surface area contributed by atoms with Gasteiger partial charge in [-0.05, 0) is 35.7 Å². The third-order valence-electron chi connectivity index (χ3n) is 3.52. The first kappa shape index (κ1) is 17.7. The van der Waals surface area contributed by atoms with Gasteiger partial charge in [-0.3, -0.25) is 4.79 Å². The maximum Gasteiger partial charge on any atom is 0.335 e. The summed E-state index contributed by atoms with van der Waals surface area (Å²) in [5, 5.41) is 11.7. The van der Waals surface area contributed by atoms with Crippen LogP contribution in [-0.2, 0) is 11.3 Å². The molecule has 5 heteroatoms. The molecular weight excluding hydrogens is 306 g/mol. The van der Waals surface area contributed by atoms with E-state index in [-0.39, 0.29) is 17.4 Å². The predicted molar refractivity (Wildman–Crippen MR) is 91.0 cm³/mol. The maximum atomic E-state index is 12.0. The molecule has 0 radical (unpaired) electrons. The zero-order chi connectivity index (χ0) is 17.4. The lowest BCUT2D eigenvalue weighted by Crippen LogP contribution is -2.30. The van der Waals surface area contributed by atoms with Crippen molar-refractivity contribution in [2.75, 3.05) is 13.2 Å². The molecule has 0 aromatic heterocycles. The normalized spacial score (nSPS) is 11.7. The van der Waals surface area contributed by atoms with Crippen molar-refractivity contribution in [3.63, 3.8) is 0 Å². The standard InChI is InChI=1S/C19H21NO4/c1-14(12-24-13-15-5-3-2-4-6-15)11-20-18(21)16-7-9-17(10-8-16)19(22)23/h2-10,14H,11-13H2,1H3,(H,20,21)(H,22,23). The lowest BCUT2D eigenvalue weighted by atomic mass is 10.1. The number of hydrogen-bond donors (Lipinski definition) is 2. The smallest absolute Gasteiger partial charge is 0.335 e. The Bertz CT molecular complexity index is 668. The van der Waals surface area contributed by atoms with Gasteiger partial charge in [0.05, 0.1) is 18.8 Å². The van der Waals surface area contributed by atoms with Gasteiger partial charge in [0.1, 0.15) is 0 Å². The molecule has 1 atom stereocenters. The van der Waals surface area contributed by atoms with Gasteiger partial charge in [0.25, 0.3) is 5.91 Å². The Balaban J connectivity index is 1.71. The monoisotopic (exact) mass is 327 g/mol. The number of carboxylic acid groups (broad SMARTS) is 1. The maximum absolute atomic E-state index is 12.0. The van der Waals surface area contributed by atoms with Gasteiger partial charge in [-0.1, -0.05) is 37.3 Å². The number of ether oxygens (including phenoxy) is 1. The van der Waals surface area contributed by atoms with Gasteiger partial charge >= 0.3 is 5.97 Å². The Morgan fingerprint density at radius 2 is 1.67 bits per heavy atom. The van der Waals surface area contributed by atoms with Crippen LogP contribution in [0.25, 0.3) is 0 Å².